The average Bonchev–Trinajstić information content (AvgIpc) is 3.72. The van der Waals surface area contributed by atoms with E-state index in [0.29, 0.717) is 28.8 Å². The lowest BCUT2D eigenvalue weighted by molar-refractivity contribution is 0.0954. The zero-order chi connectivity index (χ0) is 29.0. The van der Waals surface area contributed by atoms with Gasteiger partial charge in [0, 0.05) is 49.4 Å². The molecule has 5 heterocycles. The molecule has 3 aliphatic rings. The molecule has 8 nitrogen and oxygen atoms in total. The lowest BCUT2D eigenvalue weighted by atomic mass is 9.98. The number of piperidine rings is 1. The van der Waals surface area contributed by atoms with E-state index in [1.54, 1.807) is 6.07 Å². The van der Waals surface area contributed by atoms with Crippen LogP contribution in [0.1, 0.15) is 62.7 Å². The van der Waals surface area contributed by atoms with Crippen LogP contribution in [0.15, 0.2) is 30.5 Å². The number of fused-ring (bicyclic) bond motifs is 2. The number of halogens is 2. The largest absolute Gasteiger partial charge is 0.326 e. The summed E-state index contributed by atoms with van der Waals surface area (Å²) in [5.41, 5.74) is 3.58. The van der Waals surface area contributed by atoms with Crippen molar-refractivity contribution in [1.29, 1.82) is 0 Å². The number of benzene rings is 1. The summed E-state index contributed by atoms with van der Waals surface area (Å²) >= 11 is 0. The van der Waals surface area contributed by atoms with Crippen LogP contribution in [-0.4, -0.2) is 66.5 Å². The minimum Gasteiger partial charge on any atom is -0.326 e. The van der Waals surface area contributed by atoms with Gasteiger partial charge in [-0.25, -0.2) is 28.7 Å². The number of imidazole rings is 1. The summed E-state index contributed by atoms with van der Waals surface area (Å²) < 4.78 is 32.0. The van der Waals surface area contributed by atoms with Crippen molar-refractivity contribution >= 4 is 22.8 Å². The first-order valence-corrected chi connectivity index (χ1v) is 15.3. The van der Waals surface area contributed by atoms with Gasteiger partial charge in [0.2, 0.25) is 5.95 Å². The van der Waals surface area contributed by atoms with Gasteiger partial charge in [-0.2, -0.15) is 0 Å². The van der Waals surface area contributed by atoms with E-state index < -0.39 is 11.6 Å². The lowest BCUT2D eigenvalue weighted by Gasteiger charge is -2.40. The highest BCUT2D eigenvalue weighted by atomic mass is 19.1. The zero-order valence-electron chi connectivity index (χ0n) is 24.6. The summed E-state index contributed by atoms with van der Waals surface area (Å²) in [6, 6.07) is 7.81. The van der Waals surface area contributed by atoms with Gasteiger partial charge in [0.05, 0.1) is 11.7 Å². The minimum atomic E-state index is -0.622. The van der Waals surface area contributed by atoms with Gasteiger partial charge in [-0.3, -0.25) is 4.90 Å². The van der Waals surface area contributed by atoms with E-state index in [4.69, 9.17) is 4.98 Å². The Labute approximate surface area is 245 Å². The van der Waals surface area contributed by atoms with Crippen molar-refractivity contribution in [2.75, 3.05) is 31.5 Å². The third kappa shape index (κ3) is 5.38. The molecule has 1 aliphatic carbocycles. The predicted octanol–water partition coefficient (Wildman–Crippen LogP) is 6.03. The van der Waals surface area contributed by atoms with Crippen molar-refractivity contribution in [3.05, 3.63) is 59.2 Å². The quantitative estimate of drug-likeness (QED) is 0.290. The van der Waals surface area contributed by atoms with E-state index in [2.05, 4.69) is 36.1 Å². The van der Waals surface area contributed by atoms with Crippen LogP contribution in [0.25, 0.3) is 22.3 Å². The maximum atomic E-state index is 15.1. The summed E-state index contributed by atoms with van der Waals surface area (Å²) in [4.78, 5) is 23.1. The number of rotatable bonds is 7. The van der Waals surface area contributed by atoms with Crippen LogP contribution >= 0.6 is 0 Å². The first kappa shape index (κ1) is 27.3. The van der Waals surface area contributed by atoms with Gasteiger partial charge < -0.3 is 14.8 Å². The van der Waals surface area contributed by atoms with Gasteiger partial charge in [0.25, 0.3) is 0 Å². The molecule has 0 radical (unpaired) electrons. The molecule has 0 unspecified atom stereocenters. The number of anilines is 2. The fraction of sp³-hybridized carbons (Fsp3) is 0.500. The monoisotopic (exact) mass is 572 g/mol. The van der Waals surface area contributed by atoms with Gasteiger partial charge in [-0.05, 0) is 89.2 Å². The Balaban J connectivity index is 1.07. The Kier molecular flexibility index (Phi) is 7.14. The van der Waals surface area contributed by atoms with E-state index in [1.165, 1.54) is 56.9 Å². The Bertz CT molecular complexity index is 1620. The molecule has 7 rings (SSSR count). The van der Waals surface area contributed by atoms with Crippen molar-refractivity contribution in [1.82, 2.24) is 34.3 Å². The van der Waals surface area contributed by atoms with Crippen molar-refractivity contribution in [2.24, 2.45) is 5.92 Å². The molecule has 10 heteroatoms. The molecule has 0 spiro atoms. The molecule has 0 amide bonds. The Hall–Kier alpha value is -3.50. The molecule has 2 fully saturated rings. The lowest BCUT2D eigenvalue weighted by Crippen LogP contribution is -2.47. The summed E-state index contributed by atoms with van der Waals surface area (Å²) in [5.74, 6) is 1.36. The van der Waals surface area contributed by atoms with Crippen molar-refractivity contribution in [3.63, 3.8) is 0 Å². The van der Waals surface area contributed by atoms with E-state index in [9.17, 15) is 4.39 Å². The Morgan fingerprint density at radius 3 is 2.55 bits per heavy atom. The Morgan fingerprint density at radius 1 is 0.976 bits per heavy atom. The van der Waals surface area contributed by atoms with Gasteiger partial charge in [0.15, 0.2) is 11.6 Å². The van der Waals surface area contributed by atoms with Crippen LogP contribution in [0.5, 0.6) is 0 Å². The zero-order valence-corrected chi connectivity index (χ0v) is 24.6. The van der Waals surface area contributed by atoms with Gasteiger partial charge in [-0.15, -0.1) is 0 Å². The molecule has 1 N–H and O–H groups in total. The fourth-order valence-electron chi connectivity index (χ4n) is 6.75. The normalized spacial score (nSPS) is 18.6. The molecule has 3 aromatic heterocycles. The molecule has 1 saturated carbocycles. The maximum absolute atomic E-state index is 15.1. The molecular formula is C32H38F2N8. The molecule has 0 atom stereocenters. The standard InChI is InChI=1S/C32H38F2N8/c1-19(2)42-20(3)36-31-25(33)14-23(15-28(31)42)30-26(34)16-35-32(39-30)38-29-7-6-22-18-41(13-10-27(22)37-29)24-8-11-40(12-9-24)17-21-4-5-21/h6-7,14-16,19,21,24H,4-5,8-13,17-18H2,1-3H3,(H,35,37,38,39). The second-order valence-corrected chi connectivity index (χ2v) is 12.5. The van der Waals surface area contributed by atoms with Crippen LogP contribution in [0.4, 0.5) is 20.5 Å². The molecule has 2 aliphatic heterocycles. The highest BCUT2D eigenvalue weighted by Crippen LogP contribution is 2.33. The van der Waals surface area contributed by atoms with Crippen LogP contribution in [-0.2, 0) is 13.0 Å². The molecule has 0 bridgehead atoms. The summed E-state index contributed by atoms with van der Waals surface area (Å²) in [6.45, 7) is 11.5. The van der Waals surface area contributed by atoms with Gasteiger partial charge >= 0.3 is 0 Å². The average molecular weight is 573 g/mol. The summed E-state index contributed by atoms with van der Waals surface area (Å²) in [7, 11) is 0. The number of pyridine rings is 1. The predicted molar refractivity (Wildman–Crippen MR) is 160 cm³/mol. The summed E-state index contributed by atoms with van der Waals surface area (Å²) in [6.07, 6.45) is 7.34. The minimum absolute atomic E-state index is 0.0271. The van der Waals surface area contributed by atoms with Gasteiger partial charge in [-0.1, -0.05) is 6.07 Å². The highest BCUT2D eigenvalue weighted by Gasteiger charge is 2.30. The van der Waals surface area contributed by atoms with E-state index in [-0.39, 0.29) is 23.2 Å². The molecule has 1 saturated heterocycles. The second-order valence-electron chi connectivity index (χ2n) is 12.5. The number of hydrogen-bond acceptors (Lipinski definition) is 7. The van der Waals surface area contributed by atoms with Crippen LogP contribution < -0.4 is 5.32 Å². The highest BCUT2D eigenvalue weighted by molar-refractivity contribution is 5.83. The van der Waals surface area contributed by atoms with Crippen LogP contribution in [0.2, 0.25) is 0 Å². The number of nitrogens with one attached hydrogen (secondary N) is 1. The Morgan fingerprint density at radius 2 is 1.79 bits per heavy atom. The molecule has 4 aromatic rings. The van der Waals surface area contributed by atoms with E-state index >= 15 is 4.39 Å². The van der Waals surface area contributed by atoms with E-state index in [1.807, 2.05) is 31.4 Å². The number of aromatic nitrogens is 5. The molecular weight excluding hydrogens is 534 g/mol. The van der Waals surface area contributed by atoms with Crippen molar-refractivity contribution in [3.8, 4) is 11.3 Å². The maximum Gasteiger partial charge on any atom is 0.229 e. The smallest absolute Gasteiger partial charge is 0.229 e. The van der Waals surface area contributed by atoms with Crippen molar-refractivity contribution < 1.29 is 8.78 Å². The van der Waals surface area contributed by atoms with Gasteiger partial charge in [0.1, 0.15) is 22.9 Å². The fourth-order valence-corrected chi connectivity index (χ4v) is 6.75. The number of likely N-dealkylation sites (tertiary alicyclic amines) is 1. The number of aryl methyl sites for hydroxylation is 1. The second kappa shape index (κ2) is 11.0. The third-order valence-corrected chi connectivity index (χ3v) is 9.06. The number of nitrogens with zero attached hydrogens (tertiary/aromatic N) is 7. The van der Waals surface area contributed by atoms with Crippen molar-refractivity contribution in [2.45, 2.75) is 71.5 Å². The molecule has 42 heavy (non-hydrogen) atoms. The third-order valence-electron chi connectivity index (χ3n) is 9.06. The first-order valence-electron chi connectivity index (χ1n) is 15.3. The topological polar surface area (TPSA) is 75.0 Å². The van der Waals surface area contributed by atoms with E-state index in [0.717, 1.165) is 37.3 Å². The number of hydrogen-bond donors (Lipinski definition) is 1. The summed E-state index contributed by atoms with van der Waals surface area (Å²) in [5, 5.41) is 3.15. The SMILES string of the molecule is Cc1nc2c(F)cc(-c3nc(Nc4ccc5c(n4)CCN(C4CCN(CC6CC6)CC4)C5)ncc3F)cc2n1C(C)C. The van der Waals surface area contributed by atoms with Crippen LogP contribution in [0.3, 0.4) is 0 Å². The molecule has 220 valence electrons. The molecule has 1 aromatic carbocycles. The van der Waals surface area contributed by atoms with Crippen LogP contribution in [0, 0.1) is 24.5 Å². The first-order chi connectivity index (χ1) is 20.3.